The van der Waals surface area contributed by atoms with Crippen molar-refractivity contribution >= 4 is 28.3 Å². The molecule has 4 aromatic rings. The monoisotopic (exact) mass is 735 g/mol. The van der Waals surface area contributed by atoms with Gasteiger partial charge in [-0.3, -0.25) is 0 Å². The molecule has 0 aromatic heterocycles. The van der Waals surface area contributed by atoms with Crippen LogP contribution in [0.1, 0.15) is 61.8 Å². The van der Waals surface area contributed by atoms with E-state index in [0.717, 1.165) is 70.0 Å². The summed E-state index contributed by atoms with van der Waals surface area (Å²) in [4.78, 5) is 2.26. The highest BCUT2D eigenvalue weighted by Crippen LogP contribution is 2.36. The van der Waals surface area contributed by atoms with Crippen LogP contribution in [0, 0.1) is 0 Å². The Kier molecular flexibility index (Phi) is 16.2. The number of hydrogen-bond acceptors (Lipinski definition) is 3. The van der Waals surface area contributed by atoms with Crippen LogP contribution in [0.15, 0.2) is 212 Å². The van der Waals surface area contributed by atoms with E-state index in [0.29, 0.717) is 0 Å². The Labute approximate surface area is 336 Å². The minimum absolute atomic E-state index is 0.766. The lowest BCUT2D eigenvalue weighted by Gasteiger charge is -2.27. The second kappa shape index (κ2) is 22.2. The van der Waals surface area contributed by atoms with Crippen molar-refractivity contribution in [3.63, 3.8) is 0 Å². The molecular formula is C53H57N3. The molecule has 0 amide bonds. The molecule has 1 aliphatic heterocycles. The first-order valence-corrected chi connectivity index (χ1v) is 19.9. The zero-order valence-corrected chi connectivity index (χ0v) is 33.2. The second-order valence-corrected chi connectivity index (χ2v) is 14.0. The Morgan fingerprint density at radius 3 is 2.27 bits per heavy atom. The standard InChI is InChI=1S/C53H57N3/c1-5-7-8-14-22-44-29-36-49(37-30-44)55-52-26-18-17-25-51(52)42(3)41-48(21-6-2)46-33-28-43(4)56(53-27-19-16-24-47(53)35-34-46)50-38-31-45(32-39-50)23-15-12-10-9-11-13-20-40-54/h6,9-13,15-21,24-34,36-41,55H,2,4-5,7-8,14,22-23,35,54H2,1,3H3/b10-9+,13-11-,15-12+,33-28-,40-20-,42-41+,46-34+,48-21+. The van der Waals surface area contributed by atoms with Crippen molar-refractivity contribution in [3.05, 3.63) is 235 Å². The number of benzene rings is 4. The van der Waals surface area contributed by atoms with Gasteiger partial charge in [-0.05, 0) is 121 Å². The fourth-order valence-corrected chi connectivity index (χ4v) is 6.78. The SMILES string of the molecule is C=C/C=C(\C=C(/C)c1ccccc1Nc1ccc(CCCCCC)cc1)C1=C/Cc2ccccc2N(c2ccc(C/C=C/C=C/C=C\C=C/N)cc2)C(=C)/C=C\1. The maximum Gasteiger partial charge on any atom is 0.0496 e. The van der Waals surface area contributed by atoms with Gasteiger partial charge in [0.2, 0.25) is 0 Å². The van der Waals surface area contributed by atoms with Gasteiger partial charge in [-0.1, -0.05) is 167 Å². The number of allylic oxidation sites excluding steroid dienone is 16. The zero-order chi connectivity index (χ0) is 39.4. The lowest BCUT2D eigenvalue weighted by molar-refractivity contribution is 0.667. The number of unbranched alkanes of at least 4 members (excludes halogenated alkanes) is 3. The highest BCUT2D eigenvalue weighted by molar-refractivity contribution is 5.81. The summed E-state index contributed by atoms with van der Waals surface area (Å²) < 4.78 is 0. The summed E-state index contributed by atoms with van der Waals surface area (Å²) in [6.45, 7) is 13.1. The van der Waals surface area contributed by atoms with E-state index in [1.165, 1.54) is 48.6 Å². The quantitative estimate of drug-likeness (QED) is 0.0838. The molecule has 0 saturated heterocycles. The third kappa shape index (κ3) is 12.1. The van der Waals surface area contributed by atoms with Crippen LogP contribution >= 0.6 is 0 Å². The first-order valence-electron chi connectivity index (χ1n) is 19.9. The number of nitrogens with zero attached hydrogens (tertiary/aromatic N) is 1. The van der Waals surface area contributed by atoms with Crippen LogP contribution < -0.4 is 16.0 Å². The number of para-hydroxylation sites is 2. The molecule has 3 N–H and O–H groups in total. The Hall–Kier alpha value is -6.32. The van der Waals surface area contributed by atoms with Gasteiger partial charge >= 0.3 is 0 Å². The average molecular weight is 736 g/mol. The summed E-state index contributed by atoms with van der Waals surface area (Å²) in [5.74, 6) is 0. The summed E-state index contributed by atoms with van der Waals surface area (Å²) in [6.07, 6.45) is 36.1. The van der Waals surface area contributed by atoms with E-state index in [2.05, 4.69) is 177 Å². The van der Waals surface area contributed by atoms with E-state index in [-0.39, 0.29) is 0 Å². The van der Waals surface area contributed by atoms with Gasteiger partial charge in [0, 0.05) is 34.0 Å². The zero-order valence-electron chi connectivity index (χ0n) is 33.2. The third-order valence-corrected chi connectivity index (χ3v) is 9.77. The molecule has 0 atom stereocenters. The molecule has 56 heavy (non-hydrogen) atoms. The van der Waals surface area contributed by atoms with Crippen molar-refractivity contribution < 1.29 is 0 Å². The van der Waals surface area contributed by atoms with Crippen molar-refractivity contribution in [3.8, 4) is 0 Å². The van der Waals surface area contributed by atoms with Crippen molar-refractivity contribution in [1.29, 1.82) is 0 Å². The van der Waals surface area contributed by atoms with Gasteiger partial charge in [0.1, 0.15) is 0 Å². The first-order chi connectivity index (χ1) is 27.5. The lowest BCUT2D eigenvalue weighted by atomic mass is 9.96. The summed E-state index contributed by atoms with van der Waals surface area (Å²) in [6, 6.07) is 34.8. The summed E-state index contributed by atoms with van der Waals surface area (Å²) >= 11 is 0. The van der Waals surface area contributed by atoms with E-state index in [4.69, 9.17) is 5.73 Å². The van der Waals surface area contributed by atoms with Crippen molar-refractivity contribution in [2.75, 3.05) is 10.2 Å². The smallest absolute Gasteiger partial charge is 0.0496 e. The van der Waals surface area contributed by atoms with Crippen LogP contribution in [-0.4, -0.2) is 0 Å². The van der Waals surface area contributed by atoms with Crippen molar-refractivity contribution in [2.24, 2.45) is 5.73 Å². The third-order valence-electron chi connectivity index (χ3n) is 9.77. The first kappa shape index (κ1) is 40.9. The minimum Gasteiger partial charge on any atom is -0.405 e. The number of hydrogen-bond donors (Lipinski definition) is 2. The number of nitrogens with two attached hydrogens (primary N) is 1. The molecular weight excluding hydrogens is 679 g/mol. The van der Waals surface area contributed by atoms with Gasteiger partial charge in [-0.25, -0.2) is 0 Å². The Morgan fingerprint density at radius 2 is 1.50 bits per heavy atom. The summed E-state index contributed by atoms with van der Waals surface area (Å²) in [5.41, 5.74) is 19.0. The molecule has 0 bridgehead atoms. The van der Waals surface area contributed by atoms with Crippen LogP contribution in [0.5, 0.6) is 0 Å². The lowest BCUT2D eigenvalue weighted by Crippen LogP contribution is -2.15. The summed E-state index contributed by atoms with van der Waals surface area (Å²) in [5, 5.41) is 3.69. The van der Waals surface area contributed by atoms with E-state index in [9.17, 15) is 0 Å². The molecule has 3 heteroatoms. The molecule has 4 aromatic carbocycles. The van der Waals surface area contributed by atoms with Gasteiger partial charge < -0.3 is 16.0 Å². The van der Waals surface area contributed by atoms with Crippen LogP contribution in [0.3, 0.4) is 0 Å². The predicted octanol–water partition coefficient (Wildman–Crippen LogP) is 14.1. The molecule has 3 nitrogen and oxygen atoms in total. The summed E-state index contributed by atoms with van der Waals surface area (Å²) in [7, 11) is 0. The Bertz CT molecular complexity index is 2150. The van der Waals surface area contributed by atoms with Crippen LogP contribution in [-0.2, 0) is 19.3 Å². The normalized spacial score (nSPS) is 15.5. The maximum atomic E-state index is 5.37. The highest BCUT2D eigenvalue weighted by Gasteiger charge is 2.17. The fourth-order valence-electron chi connectivity index (χ4n) is 6.78. The fraction of sp³-hybridized carbons (Fsp3) is 0.170. The van der Waals surface area contributed by atoms with Crippen LogP contribution in [0.4, 0.5) is 22.7 Å². The number of aryl methyl sites for hydroxylation is 1. The molecule has 0 spiro atoms. The average Bonchev–Trinajstić information content (AvgIpc) is 3.29. The van der Waals surface area contributed by atoms with Gasteiger partial charge in [-0.15, -0.1) is 0 Å². The van der Waals surface area contributed by atoms with Gasteiger partial charge in [0.05, 0.1) is 0 Å². The maximum absolute atomic E-state index is 5.37. The molecule has 0 aliphatic carbocycles. The molecule has 284 valence electrons. The molecule has 1 aliphatic rings. The molecule has 5 rings (SSSR count). The number of anilines is 4. The minimum atomic E-state index is 0.766. The predicted molar refractivity (Wildman–Crippen MR) is 245 cm³/mol. The van der Waals surface area contributed by atoms with E-state index >= 15 is 0 Å². The van der Waals surface area contributed by atoms with Crippen LogP contribution in [0.2, 0.25) is 0 Å². The van der Waals surface area contributed by atoms with Gasteiger partial charge in [0.25, 0.3) is 0 Å². The largest absolute Gasteiger partial charge is 0.405 e. The van der Waals surface area contributed by atoms with E-state index < -0.39 is 0 Å². The molecule has 0 saturated carbocycles. The molecule has 1 heterocycles. The molecule has 0 fully saturated rings. The second-order valence-electron chi connectivity index (χ2n) is 14.0. The Morgan fingerprint density at radius 1 is 0.786 bits per heavy atom. The molecule has 0 unspecified atom stereocenters. The number of fused-ring (bicyclic) bond motifs is 1. The van der Waals surface area contributed by atoms with Crippen molar-refractivity contribution in [1.82, 2.24) is 0 Å². The van der Waals surface area contributed by atoms with E-state index in [1.54, 1.807) is 6.08 Å². The van der Waals surface area contributed by atoms with Gasteiger partial charge in [-0.2, -0.15) is 0 Å². The van der Waals surface area contributed by atoms with Crippen LogP contribution in [0.25, 0.3) is 5.57 Å². The topological polar surface area (TPSA) is 41.3 Å². The number of rotatable bonds is 17. The van der Waals surface area contributed by atoms with E-state index in [1.807, 2.05) is 30.4 Å². The number of nitrogens with one attached hydrogen (secondary N) is 1. The highest BCUT2D eigenvalue weighted by atomic mass is 15.1. The van der Waals surface area contributed by atoms with Crippen molar-refractivity contribution in [2.45, 2.75) is 58.8 Å². The molecule has 0 radical (unpaired) electrons. The van der Waals surface area contributed by atoms with Gasteiger partial charge in [0.15, 0.2) is 0 Å². The Balaban J connectivity index is 1.35.